The number of hydrogen-bond donors (Lipinski definition) is 2. The van der Waals surface area contributed by atoms with Gasteiger partial charge in [0.25, 0.3) is 11.6 Å². The highest BCUT2D eigenvalue weighted by atomic mass is 79.9. The Kier molecular flexibility index (Phi) is 10.1. The summed E-state index contributed by atoms with van der Waals surface area (Å²) in [6.45, 7) is 0.234. The highest BCUT2D eigenvalue weighted by Gasteiger charge is 2.20. The third kappa shape index (κ3) is 7.57. The van der Waals surface area contributed by atoms with Crippen LogP contribution in [0.2, 0.25) is 0 Å². The second kappa shape index (κ2) is 12.5. The molecule has 0 atom stereocenters. The summed E-state index contributed by atoms with van der Waals surface area (Å²) in [7, 11) is 0. The molecule has 0 saturated heterocycles. The number of ether oxygens (including phenoxy) is 1. The third-order valence-corrected chi connectivity index (χ3v) is 5.38. The summed E-state index contributed by atoms with van der Waals surface area (Å²) < 4.78 is 6.61. The highest BCUT2D eigenvalue weighted by molar-refractivity contribution is 9.11. The van der Waals surface area contributed by atoms with Crippen molar-refractivity contribution in [1.82, 2.24) is 10.6 Å². The van der Waals surface area contributed by atoms with Crippen LogP contribution in [0.15, 0.2) is 45.3 Å². The van der Waals surface area contributed by atoms with Gasteiger partial charge >= 0.3 is 5.97 Å². The number of esters is 1. The van der Waals surface area contributed by atoms with Crippen molar-refractivity contribution in [1.29, 1.82) is 0 Å². The van der Waals surface area contributed by atoms with Gasteiger partial charge in [0.15, 0.2) is 0 Å². The summed E-state index contributed by atoms with van der Waals surface area (Å²) >= 11 is 12.1. The van der Waals surface area contributed by atoms with Gasteiger partial charge in [-0.2, -0.15) is 0 Å². The first kappa shape index (κ1) is 25.8. The van der Waals surface area contributed by atoms with Crippen molar-refractivity contribution in [2.45, 2.75) is 19.4 Å². The lowest BCUT2D eigenvalue weighted by molar-refractivity contribution is -0.385. The minimum Gasteiger partial charge on any atom is -0.425 e. The minimum atomic E-state index is -0.638. The molecule has 0 aliphatic rings. The van der Waals surface area contributed by atoms with Gasteiger partial charge in [0.05, 0.1) is 9.40 Å². The average Bonchev–Trinajstić information content (AvgIpc) is 2.76. The first-order valence-corrected chi connectivity index (χ1v) is 11.4. The van der Waals surface area contributed by atoms with Crippen molar-refractivity contribution in [2.75, 3.05) is 12.4 Å². The number of benzene rings is 2. The van der Waals surface area contributed by atoms with Crippen LogP contribution >= 0.6 is 43.5 Å². The fourth-order valence-electron chi connectivity index (χ4n) is 2.63. The number of nitrogens with zero attached hydrogens (tertiary/aromatic N) is 1. The summed E-state index contributed by atoms with van der Waals surface area (Å²) in [4.78, 5) is 46.4. The molecule has 12 heteroatoms. The molecule has 0 spiro atoms. The summed E-state index contributed by atoms with van der Waals surface area (Å²) in [5.41, 5.74) is 0.0828. The Morgan fingerprint density at radius 2 is 1.84 bits per heavy atom. The number of nitrogens with one attached hydrogen (secondary N) is 2. The number of hydrogen-bond acceptors (Lipinski definition) is 6. The van der Waals surface area contributed by atoms with E-state index in [1.165, 1.54) is 24.3 Å². The summed E-state index contributed by atoms with van der Waals surface area (Å²) in [6, 6.07) is 8.94. The van der Waals surface area contributed by atoms with Crippen LogP contribution in [-0.2, 0) is 16.1 Å². The lowest BCUT2D eigenvalue weighted by Crippen LogP contribution is -2.26. The van der Waals surface area contributed by atoms with E-state index in [4.69, 9.17) is 16.3 Å². The molecule has 0 aliphatic carbocycles. The molecule has 0 saturated carbocycles. The molecule has 2 N–H and O–H groups in total. The van der Waals surface area contributed by atoms with Crippen LogP contribution in [-0.4, -0.2) is 35.1 Å². The van der Waals surface area contributed by atoms with E-state index in [0.717, 1.165) is 0 Å². The van der Waals surface area contributed by atoms with Crippen LogP contribution in [0.4, 0.5) is 5.69 Å². The fourth-order valence-corrected chi connectivity index (χ4v) is 4.12. The zero-order chi connectivity index (χ0) is 23.7. The normalized spacial score (nSPS) is 10.3. The molecule has 0 aromatic heterocycles. The molecule has 0 aliphatic heterocycles. The van der Waals surface area contributed by atoms with Gasteiger partial charge in [-0.15, -0.1) is 11.6 Å². The van der Waals surface area contributed by atoms with Gasteiger partial charge in [0.2, 0.25) is 5.91 Å². The Bertz CT molecular complexity index is 1030. The molecule has 2 aromatic carbocycles. The van der Waals surface area contributed by atoms with E-state index in [-0.39, 0.29) is 48.3 Å². The molecule has 0 radical (unpaired) electrons. The number of para-hydroxylation sites is 1. The number of halogens is 3. The van der Waals surface area contributed by atoms with E-state index in [2.05, 4.69) is 42.5 Å². The largest absolute Gasteiger partial charge is 0.425 e. The molecule has 0 heterocycles. The van der Waals surface area contributed by atoms with Crippen LogP contribution < -0.4 is 15.4 Å². The van der Waals surface area contributed by atoms with Gasteiger partial charge in [-0.25, -0.2) is 0 Å². The molecule has 0 bridgehead atoms. The molecule has 2 aromatic rings. The van der Waals surface area contributed by atoms with Gasteiger partial charge in [0.1, 0.15) is 17.2 Å². The van der Waals surface area contributed by atoms with Crippen LogP contribution in [0.3, 0.4) is 0 Å². The predicted octanol–water partition coefficient (Wildman–Crippen LogP) is 4.09. The Labute approximate surface area is 205 Å². The SMILES string of the molecule is O=C(CCl)NCCCC(=O)Oc1c(Br)cc(Br)cc1CNC(=O)c1ccccc1[N+](=O)[O-]. The van der Waals surface area contributed by atoms with Crippen molar-refractivity contribution in [3.8, 4) is 5.75 Å². The van der Waals surface area contributed by atoms with Gasteiger partial charge in [-0.1, -0.05) is 28.1 Å². The van der Waals surface area contributed by atoms with Crippen LogP contribution in [0, 0.1) is 10.1 Å². The van der Waals surface area contributed by atoms with Crippen LogP contribution in [0.1, 0.15) is 28.8 Å². The van der Waals surface area contributed by atoms with Gasteiger partial charge in [-0.3, -0.25) is 24.5 Å². The van der Waals surface area contributed by atoms with Crippen molar-refractivity contribution >= 4 is 66.9 Å². The molecule has 2 rings (SSSR count). The predicted molar refractivity (Wildman–Crippen MR) is 125 cm³/mol. The summed E-state index contributed by atoms with van der Waals surface area (Å²) in [5.74, 6) is -1.43. The molecule has 2 amide bonds. The molecular formula is C20H18Br2ClN3O6. The van der Waals surface area contributed by atoms with E-state index < -0.39 is 16.8 Å². The van der Waals surface area contributed by atoms with E-state index in [0.29, 0.717) is 20.9 Å². The summed E-state index contributed by atoms with van der Waals surface area (Å²) in [6.07, 6.45) is 0.409. The molecule has 32 heavy (non-hydrogen) atoms. The number of carbonyl (C=O) groups is 3. The monoisotopic (exact) mass is 589 g/mol. The van der Waals surface area contributed by atoms with Crippen LogP contribution in [0.25, 0.3) is 0 Å². The maximum Gasteiger partial charge on any atom is 0.311 e. The topological polar surface area (TPSA) is 128 Å². The lowest BCUT2D eigenvalue weighted by atomic mass is 10.1. The number of nitro benzene ring substituents is 1. The van der Waals surface area contributed by atoms with Crippen LogP contribution in [0.5, 0.6) is 5.75 Å². The lowest BCUT2D eigenvalue weighted by Gasteiger charge is -2.14. The average molecular weight is 592 g/mol. The zero-order valence-electron chi connectivity index (χ0n) is 16.5. The zero-order valence-corrected chi connectivity index (χ0v) is 20.5. The van der Waals surface area contributed by atoms with E-state index in [1.807, 2.05) is 0 Å². The maximum absolute atomic E-state index is 12.5. The number of amides is 2. The van der Waals surface area contributed by atoms with E-state index in [9.17, 15) is 24.5 Å². The smallest absolute Gasteiger partial charge is 0.311 e. The van der Waals surface area contributed by atoms with Crippen molar-refractivity contribution in [3.05, 3.63) is 66.6 Å². The quantitative estimate of drug-likeness (QED) is 0.107. The van der Waals surface area contributed by atoms with Crippen molar-refractivity contribution < 1.29 is 24.0 Å². The third-order valence-electron chi connectivity index (χ3n) is 4.09. The van der Waals surface area contributed by atoms with E-state index >= 15 is 0 Å². The minimum absolute atomic E-state index is 0.0443. The Morgan fingerprint density at radius 1 is 1.12 bits per heavy atom. The second-order valence-electron chi connectivity index (χ2n) is 6.39. The van der Waals surface area contributed by atoms with Crippen molar-refractivity contribution in [3.63, 3.8) is 0 Å². The first-order chi connectivity index (χ1) is 15.2. The molecular weight excluding hydrogens is 573 g/mol. The Balaban J connectivity index is 2.08. The summed E-state index contributed by atoms with van der Waals surface area (Å²) in [5, 5.41) is 16.3. The highest BCUT2D eigenvalue weighted by Crippen LogP contribution is 2.33. The van der Waals surface area contributed by atoms with Crippen molar-refractivity contribution in [2.24, 2.45) is 0 Å². The number of nitro groups is 1. The first-order valence-electron chi connectivity index (χ1n) is 9.25. The van der Waals surface area contributed by atoms with E-state index in [1.54, 1.807) is 12.1 Å². The number of carbonyl (C=O) groups excluding carboxylic acids is 3. The molecule has 170 valence electrons. The number of rotatable bonds is 10. The fraction of sp³-hybridized carbons (Fsp3) is 0.250. The van der Waals surface area contributed by atoms with Gasteiger partial charge < -0.3 is 15.4 Å². The Morgan fingerprint density at radius 3 is 2.53 bits per heavy atom. The standard InChI is InChI=1S/C20H18Br2ClN3O6/c21-13-8-12(11-25-20(29)14-4-1-2-5-16(14)26(30)31)19(15(22)9-13)32-18(28)6-3-7-24-17(27)10-23/h1-2,4-5,8-9H,3,6-7,10-11H2,(H,24,27)(H,25,29). The van der Waals surface area contributed by atoms with Gasteiger partial charge in [0, 0.05) is 35.6 Å². The Hall–Kier alpha value is -2.50. The molecule has 0 unspecified atom stereocenters. The maximum atomic E-state index is 12.5. The number of alkyl halides is 1. The molecule has 0 fully saturated rings. The molecule has 9 nitrogen and oxygen atoms in total. The van der Waals surface area contributed by atoms with Gasteiger partial charge in [-0.05, 0) is 40.5 Å². The second-order valence-corrected chi connectivity index (χ2v) is 8.43.